The molecule has 0 bridgehead atoms. The predicted molar refractivity (Wildman–Crippen MR) is 69.0 cm³/mol. The molecule has 2 amide bonds. The van der Waals surface area contributed by atoms with Crippen LogP contribution >= 0.6 is 0 Å². The summed E-state index contributed by atoms with van der Waals surface area (Å²) in [5, 5.41) is 5.73. The fraction of sp³-hybridized carbons (Fsp3) is 0.846. The van der Waals surface area contributed by atoms with Crippen molar-refractivity contribution >= 4 is 11.8 Å². The number of hydrogen-bond acceptors (Lipinski definition) is 3. The zero-order valence-corrected chi connectivity index (χ0v) is 10.9. The first kappa shape index (κ1) is 13.3. The number of likely N-dealkylation sites (tertiary alicyclic amines) is 1. The molecule has 5 nitrogen and oxygen atoms in total. The molecule has 2 heterocycles. The average Bonchev–Trinajstić information content (AvgIpc) is 2.40. The smallest absolute Gasteiger partial charge is 0.224 e. The Morgan fingerprint density at radius 2 is 2.11 bits per heavy atom. The second kappa shape index (κ2) is 6.73. The summed E-state index contributed by atoms with van der Waals surface area (Å²) < 4.78 is 0. The lowest BCUT2D eigenvalue weighted by molar-refractivity contribution is -0.128. The largest absolute Gasteiger partial charge is 0.355 e. The molecule has 1 atom stereocenters. The van der Waals surface area contributed by atoms with Crippen LogP contribution in [0.25, 0.3) is 0 Å². The molecule has 2 aliphatic heterocycles. The molecule has 2 rings (SSSR count). The van der Waals surface area contributed by atoms with Gasteiger partial charge in [0, 0.05) is 26.1 Å². The van der Waals surface area contributed by atoms with E-state index in [1.54, 1.807) is 0 Å². The van der Waals surface area contributed by atoms with E-state index in [4.69, 9.17) is 0 Å². The van der Waals surface area contributed by atoms with Crippen LogP contribution in [-0.2, 0) is 9.59 Å². The number of piperidine rings is 2. The highest BCUT2D eigenvalue weighted by molar-refractivity contribution is 5.83. The van der Waals surface area contributed by atoms with E-state index in [0.29, 0.717) is 19.4 Å². The fourth-order valence-electron chi connectivity index (χ4n) is 2.62. The third kappa shape index (κ3) is 3.98. The van der Waals surface area contributed by atoms with Crippen molar-refractivity contribution in [3.05, 3.63) is 0 Å². The molecule has 0 saturated carbocycles. The van der Waals surface area contributed by atoms with E-state index in [1.165, 1.54) is 19.3 Å². The van der Waals surface area contributed by atoms with Crippen LogP contribution in [0.3, 0.4) is 0 Å². The van der Waals surface area contributed by atoms with Crippen LogP contribution in [0.2, 0.25) is 0 Å². The molecule has 2 N–H and O–H groups in total. The van der Waals surface area contributed by atoms with Crippen molar-refractivity contribution in [3.8, 4) is 0 Å². The lowest BCUT2D eigenvalue weighted by atomic mass is 9.98. The van der Waals surface area contributed by atoms with Crippen molar-refractivity contribution in [3.63, 3.8) is 0 Å². The summed E-state index contributed by atoms with van der Waals surface area (Å²) in [6, 6.07) is 0. The summed E-state index contributed by atoms with van der Waals surface area (Å²) in [5.74, 6) is 0.114. The molecule has 18 heavy (non-hydrogen) atoms. The molecular weight excluding hydrogens is 230 g/mol. The zero-order valence-electron chi connectivity index (χ0n) is 10.9. The van der Waals surface area contributed by atoms with Gasteiger partial charge in [-0.05, 0) is 32.4 Å². The van der Waals surface area contributed by atoms with Gasteiger partial charge in [0.25, 0.3) is 0 Å². The van der Waals surface area contributed by atoms with Gasteiger partial charge >= 0.3 is 0 Å². The minimum absolute atomic E-state index is 0.0379. The van der Waals surface area contributed by atoms with Crippen LogP contribution < -0.4 is 10.6 Å². The maximum absolute atomic E-state index is 11.9. The highest BCUT2D eigenvalue weighted by Gasteiger charge is 2.24. The number of hydrogen-bond donors (Lipinski definition) is 2. The van der Waals surface area contributed by atoms with Crippen molar-refractivity contribution in [2.45, 2.75) is 32.1 Å². The van der Waals surface area contributed by atoms with Crippen LogP contribution in [0.15, 0.2) is 0 Å². The van der Waals surface area contributed by atoms with Crippen LogP contribution in [0.5, 0.6) is 0 Å². The first-order chi connectivity index (χ1) is 8.75. The van der Waals surface area contributed by atoms with E-state index in [0.717, 1.165) is 26.2 Å². The van der Waals surface area contributed by atoms with Crippen LogP contribution in [0, 0.1) is 5.92 Å². The molecule has 2 fully saturated rings. The maximum Gasteiger partial charge on any atom is 0.224 e. The molecule has 0 aromatic rings. The lowest BCUT2D eigenvalue weighted by Crippen LogP contribution is -2.45. The van der Waals surface area contributed by atoms with E-state index in [2.05, 4.69) is 15.5 Å². The van der Waals surface area contributed by atoms with Gasteiger partial charge in [0.05, 0.1) is 5.92 Å². The van der Waals surface area contributed by atoms with Gasteiger partial charge in [-0.1, -0.05) is 6.42 Å². The number of carbonyl (C=O) groups excluding carboxylic acids is 2. The molecule has 102 valence electrons. The molecule has 0 aliphatic carbocycles. The van der Waals surface area contributed by atoms with Gasteiger partial charge in [-0.2, -0.15) is 0 Å². The molecular formula is C13H23N3O2. The molecule has 0 spiro atoms. The second-order valence-corrected chi connectivity index (χ2v) is 5.23. The van der Waals surface area contributed by atoms with E-state index < -0.39 is 0 Å². The zero-order chi connectivity index (χ0) is 12.8. The Balaban J connectivity index is 1.60. The minimum Gasteiger partial charge on any atom is -0.355 e. The number of nitrogens with one attached hydrogen (secondary N) is 2. The first-order valence-electron chi connectivity index (χ1n) is 7.02. The van der Waals surface area contributed by atoms with Gasteiger partial charge in [0.2, 0.25) is 11.8 Å². The van der Waals surface area contributed by atoms with Gasteiger partial charge in [0.15, 0.2) is 0 Å². The highest BCUT2D eigenvalue weighted by atomic mass is 16.2. The summed E-state index contributed by atoms with van der Waals surface area (Å²) in [6.45, 7) is 4.49. The van der Waals surface area contributed by atoms with Crippen LogP contribution in [0.4, 0.5) is 0 Å². The normalized spacial score (nSPS) is 25.6. The predicted octanol–water partition coefficient (Wildman–Crippen LogP) is 0.115. The second-order valence-electron chi connectivity index (χ2n) is 5.23. The summed E-state index contributed by atoms with van der Waals surface area (Å²) in [6.07, 6.45) is 5.06. The molecule has 0 radical (unpaired) electrons. The molecule has 2 aliphatic rings. The van der Waals surface area contributed by atoms with E-state index >= 15 is 0 Å². The monoisotopic (exact) mass is 253 g/mol. The quantitative estimate of drug-likeness (QED) is 0.748. The van der Waals surface area contributed by atoms with Gasteiger partial charge in [-0.15, -0.1) is 0 Å². The summed E-state index contributed by atoms with van der Waals surface area (Å²) in [4.78, 5) is 25.3. The van der Waals surface area contributed by atoms with E-state index in [-0.39, 0.29) is 17.7 Å². The van der Waals surface area contributed by atoms with Gasteiger partial charge in [-0.25, -0.2) is 0 Å². The van der Waals surface area contributed by atoms with Crippen molar-refractivity contribution in [2.24, 2.45) is 5.92 Å². The SMILES string of the molecule is O=C1CCC(C(=O)NCCN2CCCCC2)CN1. The number of carbonyl (C=O) groups is 2. The van der Waals surface area contributed by atoms with Crippen LogP contribution in [0.1, 0.15) is 32.1 Å². The summed E-state index contributed by atoms with van der Waals surface area (Å²) in [7, 11) is 0. The van der Waals surface area contributed by atoms with Gasteiger partial charge in [-0.3, -0.25) is 9.59 Å². The fourth-order valence-corrected chi connectivity index (χ4v) is 2.62. The highest BCUT2D eigenvalue weighted by Crippen LogP contribution is 2.11. The van der Waals surface area contributed by atoms with Gasteiger partial charge < -0.3 is 15.5 Å². The molecule has 0 aromatic carbocycles. The first-order valence-corrected chi connectivity index (χ1v) is 7.02. The molecule has 0 aromatic heterocycles. The average molecular weight is 253 g/mol. The Hall–Kier alpha value is -1.10. The van der Waals surface area contributed by atoms with Crippen molar-refractivity contribution in [1.29, 1.82) is 0 Å². The third-order valence-corrected chi connectivity index (χ3v) is 3.81. The van der Waals surface area contributed by atoms with Crippen molar-refractivity contribution < 1.29 is 9.59 Å². The summed E-state index contributed by atoms with van der Waals surface area (Å²) >= 11 is 0. The Morgan fingerprint density at radius 3 is 2.78 bits per heavy atom. The third-order valence-electron chi connectivity index (χ3n) is 3.81. The standard InChI is InChI=1S/C13H23N3O2/c17-12-5-4-11(10-15-12)13(18)14-6-9-16-7-2-1-3-8-16/h11H,1-10H2,(H,14,18)(H,15,17). The topological polar surface area (TPSA) is 61.4 Å². The van der Waals surface area contributed by atoms with Gasteiger partial charge in [0.1, 0.15) is 0 Å². The Labute approximate surface area is 108 Å². The lowest BCUT2D eigenvalue weighted by Gasteiger charge is -2.27. The molecule has 5 heteroatoms. The molecule has 2 saturated heterocycles. The van der Waals surface area contributed by atoms with Crippen molar-refractivity contribution in [1.82, 2.24) is 15.5 Å². The maximum atomic E-state index is 11.9. The minimum atomic E-state index is -0.0379. The van der Waals surface area contributed by atoms with Crippen LogP contribution in [-0.4, -0.2) is 49.4 Å². The van der Waals surface area contributed by atoms with E-state index in [9.17, 15) is 9.59 Å². The Morgan fingerprint density at radius 1 is 1.33 bits per heavy atom. The number of nitrogens with zero attached hydrogens (tertiary/aromatic N) is 1. The number of amides is 2. The Bertz CT molecular complexity index is 291. The summed E-state index contributed by atoms with van der Waals surface area (Å²) in [5.41, 5.74) is 0. The van der Waals surface area contributed by atoms with E-state index in [1.807, 2.05) is 0 Å². The number of rotatable bonds is 4. The molecule has 1 unspecified atom stereocenters. The van der Waals surface area contributed by atoms with Crippen molar-refractivity contribution in [2.75, 3.05) is 32.7 Å². The Kier molecular flexibility index (Phi) is 4.99.